The molecule has 4 aromatic rings. The Morgan fingerprint density at radius 3 is 2.38 bits per heavy atom. The number of amides is 1. The van der Waals surface area contributed by atoms with Gasteiger partial charge < -0.3 is 19.9 Å². The topological polar surface area (TPSA) is 83.5 Å². The zero-order chi connectivity index (χ0) is 28.3. The van der Waals surface area contributed by atoms with Crippen molar-refractivity contribution in [1.29, 1.82) is 0 Å². The summed E-state index contributed by atoms with van der Waals surface area (Å²) in [6.45, 7) is 9.99. The smallest absolute Gasteiger partial charge is 0.410 e. The van der Waals surface area contributed by atoms with Crippen molar-refractivity contribution in [3.05, 3.63) is 78.2 Å². The van der Waals surface area contributed by atoms with E-state index < -0.39 is 5.60 Å². The molecule has 0 radical (unpaired) electrons. The van der Waals surface area contributed by atoms with Crippen molar-refractivity contribution < 1.29 is 13.9 Å². The van der Waals surface area contributed by atoms with Gasteiger partial charge in [-0.1, -0.05) is 41.7 Å². The van der Waals surface area contributed by atoms with Crippen molar-refractivity contribution in [1.82, 2.24) is 19.9 Å². The number of aromatic nitrogens is 3. The van der Waals surface area contributed by atoms with Gasteiger partial charge >= 0.3 is 6.09 Å². The highest BCUT2D eigenvalue weighted by molar-refractivity contribution is 7.19. The van der Waals surface area contributed by atoms with E-state index in [1.54, 1.807) is 23.2 Å². The molecule has 1 fully saturated rings. The van der Waals surface area contributed by atoms with Gasteiger partial charge in [-0.2, -0.15) is 0 Å². The van der Waals surface area contributed by atoms with Gasteiger partial charge in [0, 0.05) is 37.9 Å². The largest absolute Gasteiger partial charge is 0.444 e. The second-order valence-corrected chi connectivity index (χ2v) is 11.7. The molecule has 2 aromatic carbocycles. The van der Waals surface area contributed by atoms with Gasteiger partial charge in [-0.05, 0) is 63.6 Å². The maximum atomic E-state index is 13.7. The maximum absolute atomic E-state index is 13.7. The number of carbonyl (C=O) groups is 1. The van der Waals surface area contributed by atoms with E-state index in [1.165, 1.54) is 23.5 Å². The number of anilines is 2. The Kier molecular flexibility index (Phi) is 7.97. The standard InChI is InChI=1S/C30H33FN6O2S/c1-20(21-8-6-5-7-9-21)33-27-32-15-14-24(34-27)26-25(22-10-12-23(31)13-11-22)35-28(40-26)36-16-18-37(19-17-36)29(38)39-30(2,3)4/h5-15,20H,16-19H2,1-4H3,(H,32,33,34). The summed E-state index contributed by atoms with van der Waals surface area (Å²) in [6.07, 6.45) is 1.43. The number of benzene rings is 2. The van der Waals surface area contributed by atoms with Gasteiger partial charge in [0.1, 0.15) is 11.4 Å². The van der Waals surface area contributed by atoms with Crippen LogP contribution in [0.5, 0.6) is 0 Å². The molecule has 8 nitrogen and oxygen atoms in total. The number of nitrogens with one attached hydrogen (secondary N) is 1. The van der Waals surface area contributed by atoms with E-state index in [1.807, 2.05) is 45.0 Å². The third-order valence-electron chi connectivity index (χ3n) is 6.47. The Balaban J connectivity index is 1.41. The van der Waals surface area contributed by atoms with Crippen LogP contribution in [0.4, 0.5) is 20.3 Å². The third kappa shape index (κ3) is 6.56. The Bertz CT molecular complexity index is 1450. The Morgan fingerprint density at radius 1 is 1.00 bits per heavy atom. The van der Waals surface area contributed by atoms with Gasteiger partial charge in [0.2, 0.25) is 5.95 Å². The quantitative estimate of drug-likeness (QED) is 0.283. The average molecular weight is 561 g/mol. The monoisotopic (exact) mass is 560 g/mol. The number of halogens is 1. The highest BCUT2D eigenvalue weighted by Gasteiger charge is 2.28. The second kappa shape index (κ2) is 11.6. The van der Waals surface area contributed by atoms with E-state index in [9.17, 15) is 9.18 Å². The van der Waals surface area contributed by atoms with Crippen LogP contribution < -0.4 is 10.2 Å². The minimum atomic E-state index is -0.535. The summed E-state index contributed by atoms with van der Waals surface area (Å²) in [4.78, 5) is 31.6. The van der Waals surface area contributed by atoms with Crippen molar-refractivity contribution in [2.24, 2.45) is 0 Å². The molecule has 2 aromatic heterocycles. The molecular formula is C30H33FN6O2S. The lowest BCUT2D eigenvalue weighted by atomic mass is 10.1. The van der Waals surface area contributed by atoms with Crippen LogP contribution in [0.3, 0.4) is 0 Å². The van der Waals surface area contributed by atoms with Gasteiger partial charge in [0.05, 0.1) is 22.3 Å². The number of rotatable bonds is 6. The molecule has 10 heteroatoms. The number of hydrogen-bond donors (Lipinski definition) is 1. The number of nitrogens with zero attached hydrogens (tertiary/aromatic N) is 5. The summed E-state index contributed by atoms with van der Waals surface area (Å²) in [5.74, 6) is 0.210. The summed E-state index contributed by atoms with van der Waals surface area (Å²) in [5.41, 5.74) is 2.86. The first-order chi connectivity index (χ1) is 19.2. The predicted octanol–water partition coefficient (Wildman–Crippen LogP) is 6.64. The molecule has 1 saturated heterocycles. The number of ether oxygens (including phenoxy) is 1. The summed E-state index contributed by atoms with van der Waals surface area (Å²) in [6, 6.07) is 18.3. The van der Waals surface area contributed by atoms with Crippen molar-refractivity contribution in [2.45, 2.75) is 39.3 Å². The lowest BCUT2D eigenvalue weighted by Gasteiger charge is -2.35. The van der Waals surface area contributed by atoms with Crippen LogP contribution >= 0.6 is 11.3 Å². The first-order valence-corrected chi connectivity index (χ1v) is 14.1. The summed E-state index contributed by atoms with van der Waals surface area (Å²) < 4.78 is 19.3. The van der Waals surface area contributed by atoms with Crippen LogP contribution in [0, 0.1) is 5.82 Å². The molecule has 0 aliphatic carbocycles. The molecule has 1 amide bonds. The highest BCUT2D eigenvalue weighted by atomic mass is 32.1. The maximum Gasteiger partial charge on any atom is 0.410 e. The number of hydrogen-bond acceptors (Lipinski definition) is 8. The van der Waals surface area contributed by atoms with Crippen molar-refractivity contribution in [2.75, 3.05) is 36.4 Å². The molecule has 1 atom stereocenters. The fraction of sp³-hybridized carbons (Fsp3) is 0.333. The summed E-state index contributed by atoms with van der Waals surface area (Å²) in [7, 11) is 0. The Labute approximate surface area is 237 Å². The van der Waals surface area contributed by atoms with Gasteiger partial charge in [0.15, 0.2) is 5.13 Å². The number of carbonyl (C=O) groups excluding carboxylic acids is 1. The van der Waals surface area contributed by atoms with E-state index in [0.717, 1.165) is 32.5 Å². The molecule has 0 bridgehead atoms. The normalized spacial score (nSPS) is 14.6. The molecule has 3 heterocycles. The van der Waals surface area contributed by atoms with E-state index in [-0.39, 0.29) is 18.0 Å². The molecule has 1 unspecified atom stereocenters. The van der Waals surface area contributed by atoms with Crippen LogP contribution in [0.25, 0.3) is 21.8 Å². The number of thiazole rings is 1. The minimum Gasteiger partial charge on any atom is -0.444 e. The first kappa shape index (κ1) is 27.5. The molecule has 40 heavy (non-hydrogen) atoms. The van der Waals surface area contributed by atoms with Crippen molar-refractivity contribution in [3.8, 4) is 21.8 Å². The van der Waals surface area contributed by atoms with Crippen molar-refractivity contribution in [3.63, 3.8) is 0 Å². The molecule has 0 saturated carbocycles. The van der Waals surface area contributed by atoms with Gasteiger partial charge in [-0.25, -0.2) is 24.1 Å². The molecule has 1 aliphatic heterocycles. The van der Waals surface area contributed by atoms with Gasteiger partial charge in [-0.3, -0.25) is 0 Å². The SMILES string of the molecule is CC(Nc1nccc(-c2sc(N3CCN(C(=O)OC(C)(C)C)CC3)nc2-c2ccc(F)cc2)n1)c1ccccc1. The molecule has 0 spiro atoms. The molecule has 208 valence electrons. The van der Waals surface area contributed by atoms with Crippen LogP contribution in [0.15, 0.2) is 66.9 Å². The zero-order valence-corrected chi connectivity index (χ0v) is 23.9. The zero-order valence-electron chi connectivity index (χ0n) is 23.1. The van der Waals surface area contributed by atoms with E-state index in [2.05, 4.69) is 34.3 Å². The molecule has 1 aliphatic rings. The Hall–Kier alpha value is -4.05. The molecule has 1 N–H and O–H groups in total. The summed E-state index contributed by atoms with van der Waals surface area (Å²) >= 11 is 1.53. The summed E-state index contributed by atoms with van der Waals surface area (Å²) in [5, 5.41) is 4.21. The average Bonchev–Trinajstić information content (AvgIpc) is 3.39. The first-order valence-electron chi connectivity index (χ1n) is 13.3. The fourth-order valence-corrected chi connectivity index (χ4v) is 5.51. The van der Waals surface area contributed by atoms with Crippen LogP contribution in [0.1, 0.15) is 39.3 Å². The molecule has 5 rings (SSSR count). The van der Waals surface area contributed by atoms with E-state index in [4.69, 9.17) is 14.7 Å². The highest BCUT2D eigenvalue weighted by Crippen LogP contribution is 2.40. The van der Waals surface area contributed by atoms with E-state index in [0.29, 0.717) is 32.1 Å². The van der Waals surface area contributed by atoms with Crippen LogP contribution in [-0.4, -0.2) is 57.7 Å². The lowest BCUT2D eigenvalue weighted by molar-refractivity contribution is 0.0240. The lowest BCUT2D eigenvalue weighted by Crippen LogP contribution is -2.50. The number of piperazine rings is 1. The van der Waals surface area contributed by atoms with Gasteiger partial charge in [0.25, 0.3) is 0 Å². The predicted molar refractivity (Wildman–Crippen MR) is 157 cm³/mol. The van der Waals surface area contributed by atoms with Crippen LogP contribution in [-0.2, 0) is 4.74 Å². The van der Waals surface area contributed by atoms with Crippen LogP contribution in [0.2, 0.25) is 0 Å². The Morgan fingerprint density at radius 2 is 1.70 bits per heavy atom. The fourth-order valence-electron chi connectivity index (χ4n) is 4.40. The third-order valence-corrected chi connectivity index (χ3v) is 7.61. The minimum absolute atomic E-state index is 0.0197. The molecular weight excluding hydrogens is 527 g/mol. The van der Waals surface area contributed by atoms with E-state index >= 15 is 0 Å². The second-order valence-electron chi connectivity index (χ2n) is 10.7. The van der Waals surface area contributed by atoms with Crippen molar-refractivity contribution >= 4 is 28.5 Å². The van der Waals surface area contributed by atoms with Gasteiger partial charge in [-0.15, -0.1) is 0 Å².